The first-order valence-corrected chi connectivity index (χ1v) is 26.3. The number of anilines is 5. The highest BCUT2D eigenvalue weighted by Gasteiger charge is 2.36. The maximum absolute atomic E-state index is 15.0. The van der Waals surface area contributed by atoms with Gasteiger partial charge in [-0.2, -0.15) is 4.98 Å². The number of rotatable bonds is 16. The Morgan fingerprint density at radius 3 is 1.53 bits per heavy atom. The summed E-state index contributed by atoms with van der Waals surface area (Å²) in [5, 5.41) is 14.1. The Balaban J connectivity index is 0.000000224. The fraction of sp³-hybridized carbons (Fsp3) is 0.333. The number of amides is 6. The number of nitrogens with zero attached hydrogens (tertiary/aromatic N) is 7. The average Bonchev–Trinajstić information content (AvgIpc) is 3.37. The van der Waals surface area contributed by atoms with E-state index in [4.69, 9.17) is 4.98 Å². The normalized spacial score (nSPS) is 13.4. The highest BCUT2D eigenvalue weighted by Crippen LogP contribution is 2.41. The largest absolute Gasteiger partial charge is 0.354 e. The highest BCUT2D eigenvalue weighted by atomic mass is 32.2. The number of para-hydroxylation sites is 2. The minimum atomic E-state index is -1.68. The van der Waals surface area contributed by atoms with Gasteiger partial charge in [0.05, 0.1) is 35.3 Å². The highest BCUT2D eigenvalue weighted by molar-refractivity contribution is 7.84. The van der Waals surface area contributed by atoms with Crippen LogP contribution in [-0.4, -0.2) is 97.4 Å². The molecule has 0 saturated heterocycles. The number of carbonyl (C=O) groups excluding carboxylic acids is 4. The summed E-state index contributed by atoms with van der Waals surface area (Å²) in [7, 11) is -1.68. The number of urea groups is 2. The molecule has 4 heterocycles. The van der Waals surface area contributed by atoms with Crippen LogP contribution in [0.1, 0.15) is 90.9 Å². The number of hydrogen-bond donors (Lipinski definition) is 5. The van der Waals surface area contributed by atoms with Crippen molar-refractivity contribution in [3.05, 3.63) is 129 Å². The molecule has 2 aliphatic rings. The number of aryl methyl sites for hydroxylation is 2. The van der Waals surface area contributed by atoms with E-state index in [0.717, 1.165) is 71.2 Å². The van der Waals surface area contributed by atoms with Crippen LogP contribution in [0.3, 0.4) is 0 Å². The first kappa shape index (κ1) is 55.9. The molecular formula is C54H60F4N12O5S. The zero-order chi connectivity index (χ0) is 55.1. The summed E-state index contributed by atoms with van der Waals surface area (Å²) in [6, 6.07) is 15.4. The number of hydrogen-bond acceptors (Lipinski definition) is 11. The van der Waals surface area contributed by atoms with E-state index < -0.39 is 57.5 Å². The van der Waals surface area contributed by atoms with Crippen molar-refractivity contribution in [1.29, 1.82) is 0 Å². The molecule has 0 bridgehead atoms. The van der Waals surface area contributed by atoms with E-state index in [1.807, 2.05) is 47.6 Å². The molecule has 0 saturated carbocycles. The van der Waals surface area contributed by atoms with E-state index in [-0.39, 0.29) is 59.7 Å². The number of nitrogens with one attached hydrogen (secondary N) is 5. The molecular weight excluding hydrogens is 1000 g/mol. The molecule has 6 aromatic rings. The van der Waals surface area contributed by atoms with E-state index in [0.29, 0.717) is 51.3 Å². The minimum Gasteiger partial charge on any atom is -0.354 e. The maximum atomic E-state index is 15.0. The molecule has 400 valence electrons. The van der Waals surface area contributed by atoms with Gasteiger partial charge in [0.2, 0.25) is 11.1 Å². The number of fused-ring (bicyclic) bond motifs is 2. The van der Waals surface area contributed by atoms with Crippen molar-refractivity contribution in [2.75, 3.05) is 47.6 Å². The predicted octanol–water partition coefficient (Wildman–Crippen LogP) is 9.34. The van der Waals surface area contributed by atoms with Crippen molar-refractivity contribution < 1.29 is 40.9 Å². The summed E-state index contributed by atoms with van der Waals surface area (Å²) in [6.45, 7) is 18.7. The van der Waals surface area contributed by atoms with Gasteiger partial charge in [-0.25, -0.2) is 51.9 Å². The molecule has 4 aromatic carbocycles. The SMILES string of the molecule is CCN(CC)CCCNc1nc(-c2cc(C(=O)NC(C)C)ccc2C)c2c(n1)N(c1c(F)cccc1F)C(=O)NC2.Cc1ccc(C(=O)NC(C)C)cc1-c1nc(S(C)=O)nc2c1CNC(=O)N2c1c(F)cccc1F. The molecule has 17 nitrogen and oxygen atoms in total. The fourth-order valence-electron chi connectivity index (χ4n) is 8.54. The van der Waals surface area contributed by atoms with Crippen LogP contribution in [0.4, 0.5) is 56.1 Å². The van der Waals surface area contributed by atoms with Gasteiger partial charge in [0.25, 0.3) is 11.8 Å². The van der Waals surface area contributed by atoms with Gasteiger partial charge in [0, 0.05) is 58.3 Å². The van der Waals surface area contributed by atoms with Crippen LogP contribution >= 0.6 is 0 Å². The summed E-state index contributed by atoms with van der Waals surface area (Å²) in [6.07, 6.45) is 2.18. The lowest BCUT2D eigenvalue weighted by Crippen LogP contribution is -2.43. The van der Waals surface area contributed by atoms with E-state index >= 15 is 0 Å². The quantitative estimate of drug-likeness (QED) is 0.0351. The number of carbonyl (C=O) groups is 4. The molecule has 0 fully saturated rings. The number of halogens is 4. The van der Waals surface area contributed by atoms with Crippen molar-refractivity contribution in [2.45, 2.75) is 92.1 Å². The monoisotopic (exact) mass is 1060 g/mol. The van der Waals surface area contributed by atoms with E-state index in [9.17, 15) is 40.9 Å². The zero-order valence-electron chi connectivity index (χ0n) is 43.6. The molecule has 0 spiro atoms. The molecule has 0 aliphatic carbocycles. The van der Waals surface area contributed by atoms with Gasteiger partial charge in [0.15, 0.2) is 11.6 Å². The average molecular weight is 1070 g/mol. The molecule has 8 rings (SSSR count). The van der Waals surface area contributed by atoms with E-state index in [1.54, 1.807) is 30.3 Å². The van der Waals surface area contributed by atoms with Crippen LogP contribution in [0.2, 0.25) is 0 Å². The molecule has 6 amide bonds. The lowest BCUT2D eigenvalue weighted by molar-refractivity contribution is 0.0934. The second kappa shape index (κ2) is 24.2. The lowest BCUT2D eigenvalue weighted by atomic mass is 9.97. The Morgan fingerprint density at radius 2 is 1.11 bits per heavy atom. The summed E-state index contributed by atoms with van der Waals surface area (Å²) >= 11 is 0. The molecule has 1 unspecified atom stereocenters. The smallest absolute Gasteiger partial charge is 0.328 e. The van der Waals surface area contributed by atoms with Crippen molar-refractivity contribution >= 4 is 63.6 Å². The maximum Gasteiger partial charge on any atom is 0.328 e. The van der Waals surface area contributed by atoms with Gasteiger partial charge in [-0.05, 0) is 127 Å². The molecule has 2 aliphatic heterocycles. The molecule has 2 aromatic heterocycles. The van der Waals surface area contributed by atoms with Crippen LogP contribution < -0.4 is 36.4 Å². The molecule has 0 radical (unpaired) electrons. The van der Waals surface area contributed by atoms with Gasteiger partial charge in [0.1, 0.15) is 34.6 Å². The van der Waals surface area contributed by atoms with Gasteiger partial charge in [-0.1, -0.05) is 38.1 Å². The summed E-state index contributed by atoms with van der Waals surface area (Å²) in [5.74, 6) is -4.03. The van der Waals surface area contributed by atoms with Gasteiger partial charge >= 0.3 is 12.1 Å². The Kier molecular flexibility index (Phi) is 17.8. The fourth-order valence-corrected chi connectivity index (χ4v) is 8.98. The van der Waals surface area contributed by atoms with Crippen LogP contribution in [0, 0.1) is 37.1 Å². The minimum absolute atomic E-state index is 0.0332. The first-order valence-electron chi connectivity index (χ1n) is 24.7. The van der Waals surface area contributed by atoms with Crippen LogP contribution in [-0.2, 0) is 23.9 Å². The van der Waals surface area contributed by atoms with Crippen LogP contribution in [0.5, 0.6) is 0 Å². The first-order chi connectivity index (χ1) is 36.2. The Bertz CT molecular complexity index is 3190. The summed E-state index contributed by atoms with van der Waals surface area (Å²) in [5.41, 5.74) is 4.07. The lowest BCUT2D eigenvalue weighted by Gasteiger charge is -2.31. The van der Waals surface area contributed by atoms with E-state index in [2.05, 4.69) is 60.3 Å². The second-order valence-electron chi connectivity index (χ2n) is 18.6. The van der Waals surface area contributed by atoms with E-state index in [1.165, 1.54) is 18.4 Å². The van der Waals surface area contributed by atoms with Crippen LogP contribution in [0.25, 0.3) is 22.5 Å². The standard InChI is InChI=1S/C30H37F2N7O2.C24H23F2N5O3S/c1-6-38(7-2)15-9-14-33-29-36-25(21-16-20(13-12-19(21)5)28(40)35-18(3)4)22-17-34-30(41)39(27(22)37-29)26-23(31)10-8-11-24(26)32;1-12(2)28-22(32)14-9-8-13(3)15(10-14)19-16-11-27-24(33)31(20-17(25)6-5-7-18(20)26)21(16)30-23(29-19)35(4)34/h8,10-13,16,18H,6-7,9,14-15,17H2,1-5H3,(H,34,41)(H,35,40)(H,33,36,37);5-10,12H,11H2,1-4H3,(H,27,33)(H,28,32). The van der Waals surface area contributed by atoms with Gasteiger partial charge in [-0.3, -0.25) is 13.8 Å². The Labute approximate surface area is 440 Å². The number of benzene rings is 4. The summed E-state index contributed by atoms with van der Waals surface area (Å²) in [4.78, 5) is 73.4. The predicted molar refractivity (Wildman–Crippen MR) is 284 cm³/mol. The Morgan fingerprint density at radius 1 is 0.671 bits per heavy atom. The molecule has 22 heteroatoms. The third kappa shape index (κ3) is 12.3. The topological polar surface area (TPSA) is 207 Å². The van der Waals surface area contributed by atoms with Gasteiger partial charge < -0.3 is 31.5 Å². The van der Waals surface area contributed by atoms with Gasteiger partial charge in [-0.15, -0.1) is 0 Å². The number of aromatic nitrogens is 4. The zero-order valence-corrected chi connectivity index (χ0v) is 44.4. The van der Waals surface area contributed by atoms with Crippen molar-refractivity contribution in [3.8, 4) is 22.5 Å². The molecule has 76 heavy (non-hydrogen) atoms. The van der Waals surface area contributed by atoms with Crippen molar-refractivity contribution in [1.82, 2.24) is 46.1 Å². The van der Waals surface area contributed by atoms with Crippen LogP contribution in [0.15, 0.2) is 78.0 Å². The summed E-state index contributed by atoms with van der Waals surface area (Å²) < 4.78 is 71.7. The molecule has 1 atom stereocenters. The second-order valence-corrected chi connectivity index (χ2v) is 19.8. The Hall–Kier alpha value is -7.85. The van der Waals surface area contributed by atoms with Crippen molar-refractivity contribution in [3.63, 3.8) is 0 Å². The molecule has 5 N–H and O–H groups in total. The third-order valence-corrected chi connectivity index (χ3v) is 13.1. The van der Waals surface area contributed by atoms with Crippen molar-refractivity contribution in [2.24, 2.45) is 0 Å². The third-order valence-electron chi connectivity index (χ3n) is 12.4.